The molecule has 0 saturated heterocycles. The zero-order chi connectivity index (χ0) is 13.9. The van der Waals surface area contributed by atoms with Crippen LogP contribution in [0.2, 0.25) is 0 Å². The first kappa shape index (κ1) is 12.8. The van der Waals surface area contributed by atoms with Gasteiger partial charge < -0.3 is 10.2 Å². The van der Waals surface area contributed by atoms with E-state index in [9.17, 15) is 10.2 Å². The van der Waals surface area contributed by atoms with Crippen molar-refractivity contribution in [3.8, 4) is 0 Å². The molecule has 7 atom stereocenters. The fourth-order valence-corrected chi connectivity index (χ4v) is 5.53. The lowest BCUT2D eigenvalue weighted by Gasteiger charge is -2.51. The highest BCUT2D eigenvalue weighted by atomic mass is 16.3. The molecule has 0 aromatic rings. The number of allylic oxidation sites excluding steroid dienone is 6. The van der Waals surface area contributed by atoms with E-state index >= 15 is 0 Å². The third kappa shape index (κ3) is 1.58. The molecule has 0 bridgehead atoms. The van der Waals surface area contributed by atoms with Crippen LogP contribution in [0.15, 0.2) is 36.0 Å². The second-order valence-electron chi connectivity index (χ2n) is 7.44. The van der Waals surface area contributed by atoms with Crippen LogP contribution < -0.4 is 0 Å². The Morgan fingerprint density at radius 2 is 2.05 bits per heavy atom. The van der Waals surface area contributed by atoms with E-state index in [2.05, 4.69) is 37.3 Å². The highest BCUT2D eigenvalue weighted by Gasteiger charge is 2.58. The van der Waals surface area contributed by atoms with Crippen molar-refractivity contribution in [1.82, 2.24) is 0 Å². The highest BCUT2D eigenvalue weighted by Crippen LogP contribution is 2.60. The lowest BCUT2D eigenvalue weighted by atomic mass is 9.54. The van der Waals surface area contributed by atoms with Gasteiger partial charge >= 0.3 is 0 Å². The van der Waals surface area contributed by atoms with Gasteiger partial charge in [0.15, 0.2) is 0 Å². The summed E-state index contributed by atoms with van der Waals surface area (Å²) in [5.74, 6) is 2.37. The van der Waals surface area contributed by atoms with Gasteiger partial charge in [-0.3, -0.25) is 0 Å². The molecule has 2 N–H and O–H groups in total. The second kappa shape index (κ2) is 4.32. The third-order valence-electron chi connectivity index (χ3n) is 6.66. The van der Waals surface area contributed by atoms with Crippen molar-refractivity contribution in [2.24, 2.45) is 29.1 Å². The minimum Gasteiger partial charge on any atom is -0.390 e. The van der Waals surface area contributed by atoms with Crippen LogP contribution in [-0.2, 0) is 0 Å². The molecule has 0 radical (unpaired) electrons. The molecule has 0 aliphatic heterocycles. The zero-order valence-electron chi connectivity index (χ0n) is 12.1. The Hall–Kier alpha value is -0.860. The fraction of sp³-hybridized carbons (Fsp3) is 0.667. The van der Waals surface area contributed by atoms with Gasteiger partial charge in [-0.2, -0.15) is 0 Å². The molecule has 0 spiro atoms. The van der Waals surface area contributed by atoms with Gasteiger partial charge in [0.1, 0.15) is 0 Å². The van der Waals surface area contributed by atoms with Crippen LogP contribution in [0.5, 0.6) is 0 Å². The lowest BCUT2D eigenvalue weighted by molar-refractivity contribution is -0.0610. The normalized spacial score (nSPS) is 53.0. The standard InChI is InChI=1S/C18H24O2/c1-18-9-8-13-12-5-3-2-4-11(12)6-7-14(13)15(18)10-16(19)17(18)20/h2-6,12-17,19-20H,7-10H2,1H3/t12-,13+,14-,15-,16?,17?,18-/m0/s1. The number of hydrogen-bond acceptors (Lipinski definition) is 2. The third-order valence-corrected chi connectivity index (χ3v) is 6.66. The molecule has 2 heteroatoms. The molecular formula is C18H24O2. The molecule has 4 aliphatic carbocycles. The summed E-state index contributed by atoms with van der Waals surface area (Å²) in [4.78, 5) is 0. The van der Waals surface area contributed by atoms with Gasteiger partial charge in [-0.25, -0.2) is 0 Å². The van der Waals surface area contributed by atoms with Crippen LogP contribution in [0.1, 0.15) is 32.6 Å². The Kier molecular flexibility index (Phi) is 2.77. The molecule has 2 fully saturated rings. The van der Waals surface area contributed by atoms with Gasteiger partial charge in [0.2, 0.25) is 0 Å². The molecule has 4 rings (SSSR count). The minimum absolute atomic E-state index is 0.0693. The number of aliphatic hydroxyl groups is 2. The minimum atomic E-state index is -0.527. The van der Waals surface area contributed by atoms with Gasteiger partial charge in [0.05, 0.1) is 12.2 Å². The first-order chi connectivity index (χ1) is 9.61. The molecule has 0 amide bonds. The smallest absolute Gasteiger partial charge is 0.0855 e. The highest BCUT2D eigenvalue weighted by molar-refractivity contribution is 5.36. The molecule has 20 heavy (non-hydrogen) atoms. The van der Waals surface area contributed by atoms with Crippen LogP contribution >= 0.6 is 0 Å². The van der Waals surface area contributed by atoms with E-state index < -0.39 is 12.2 Å². The summed E-state index contributed by atoms with van der Waals surface area (Å²) < 4.78 is 0. The van der Waals surface area contributed by atoms with Crippen molar-refractivity contribution in [3.63, 3.8) is 0 Å². The number of hydrogen-bond donors (Lipinski definition) is 2. The molecule has 0 aromatic carbocycles. The second-order valence-corrected chi connectivity index (χ2v) is 7.44. The summed E-state index contributed by atoms with van der Waals surface area (Å²) in [6.07, 6.45) is 14.4. The maximum Gasteiger partial charge on any atom is 0.0855 e. The maximum absolute atomic E-state index is 10.4. The van der Waals surface area contributed by atoms with Crippen LogP contribution in [0, 0.1) is 29.1 Å². The topological polar surface area (TPSA) is 40.5 Å². The first-order valence-electron chi connectivity index (χ1n) is 8.02. The molecule has 2 saturated carbocycles. The van der Waals surface area contributed by atoms with Crippen molar-refractivity contribution in [2.45, 2.75) is 44.8 Å². The quantitative estimate of drug-likeness (QED) is 0.712. The summed E-state index contributed by atoms with van der Waals surface area (Å²) in [6.45, 7) is 2.20. The van der Waals surface area contributed by atoms with Crippen molar-refractivity contribution < 1.29 is 10.2 Å². The molecule has 4 aliphatic rings. The molecule has 0 heterocycles. The Morgan fingerprint density at radius 1 is 1.20 bits per heavy atom. The first-order valence-corrected chi connectivity index (χ1v) is 8.02. The van der Waals surface area contributed by atoms with Crippen molar-refractivity contribution in [2.75, 3.05) is 0 Å². The molecule has 2 unspecified atom stereocenters. The number of rotatable bonds is 0. The van der Waals surface area contributed by atoms with Crippen LogP contribution in [0.3, 0.4) is 0 Å². The van der Waals surface area contributed by atoms with Crippen LogP contribution in [0.25, 0.3) is 0 Å². The van der Waals surface area contributed by atoms with Crippen molar-refractivity contribution in [3.05, 3.63) is 36.0 Å². The summed E-state index contributed by atoms with van der Waals surface area (Å²) in [7, 11) is 0. The van der Waals surface area contributed by atoms with Crippen molar-refractivity contribution >= 4 is 0 Å². The Morgan fingerprint density at radius 3 is 2.90 bits per heavy atom. The SMILES string of the molecule is C[C@]12CC[C@H]3[C@H](CC=C4C=CC=C[C@@H]43)[C@@H]1CC(O)C2O. The average Bonchev–Trinajstić information content (AvgIpc) is 2.71. The van der Waals surface area contributed by atoms with Gasteiger partial charge in [0.25, 0.3) is 0 Å². The van der Waals surface area contributed by atoms with Gasteiger partial charge in [-0.15, -0.1) is 0 Å². The van der Waals surface area contributed by atoms with Crippen LogP contribution in [-0.4, -0.2) is 22.4 Å². The largest absolute Gasteiger partial charge is 0.390 e. The lowest BCUT2D eigenvalue weighted by Crippen LogP contribution is -2.46. The van der Waals surface area contributed by atoms with Gasteiger partial charge in [-0.1, -0.05) is 37.3 Å². The van der Waals surface area contributed by atoms with Gasteiger partial charge in [0, 0.05) is 5.92 Å². The molecule has 0 aromatic heterocycles. The molecular weight excluding hydrogens is 248 g/mol. The van der Waals surface area contributed by atoms with E-state index in [4.69, 9.17) is 0 Å². The Balaban J connectivity index is 1.69. The average molecular weight is 272 g/mol. The van der Waals surface area contributed by atoms with E-state index in [1.54, 1.807) is 0 Å². The van der Waals surface area contributed by atoms with E-state index in [1.165, 1.54) is 12.0 Å². The summed E-state index contributed by atoms with van der Waals surface area (Å²) in [5.41, 5.74) is 1.41. The van der Waals surface area contributed by atoms with E-state index in [1.807, 2.05) is 0 Å². The number of fused-ring (bicyclic) bond motifs is 5. The summed E-state index contributed by atoms with van der Waals surface area (Å²) in [6, 6.07) is 0. The summed E-state index contributed by atoms with van der Waals surface area (Å²) >= 11 is 0. The predicted octanol–water partition coefficient (Wildman–Crippen LogP) is 2.83. The predicted molar refractivity (Wildman–Crippen MR) is 78.9 cm³/mol. The Labute approximate surface area is 120 Å². The molecule has 108 valence electrons. The van der Waals surface area contributed by atoms with Gasteiger partial charge in [-0.05, 0) is 54.4 Å². The number of aliphatic hydroxyl groups excluding tert-OH is 2. The maximum atomic E-state index is 10.4. The van der Waals surface area contributed by atoms with Crippen molar-refractivity contribution in [1.29, 1.82) is 0 Å². The van der Waals surface area contributed by atoms with E-state index in [-0.39, 0.29) is 5.41 Å². The fourth-order valence-electron chi connectivity index (χ4n) is 5.53. The summed E-state index contributed by atoms with van der Waals surface area (Å²) in [5, 5.41) is 20.5. The Bertz CT molecular complexity index is 504. The zero-order valence-corrected chi connectivity index (χ0v) is 12.1. The van der Waals surface area contributed by atoms with E-state index in [0.717, 1.165) is 19.3 Å². The van der Waals surface area contributed by atoms with Crippen LogP contribution in [0.4, 0.5) is 0 Å². The molecule has 2 nitrogen and oxygen atoms in total. The monoisotopic (exact) mass is 272 g/mol. The van der Waals surface area contributed by atoms with E-state index in [0.29, 0.717) is 23.7 Å².